The van der Waals surface area contributed by atoms with E-state index in [1.54, 1.807) is 7.11 Å². The van der Waals surface area contributed by atoms with E-state index in [0.29, 0.717) is 0 Å². The van der Waals surface area contributed by atoms with Crippen molar-refractivity contribution in [1.29, 1.82) is 0 Å². The van der Waals surface area contributed by atoms with Crippen LogP contribution in [0.1, 0.15) is 13.3 Å². The molecule has 0 radical (unpaired) electrons. The van der Waals surface area contributed by atoms with Crippen molar-refractivity contribution in [1.82, 2.24) is 0 Å². The van der Waals surface area contributed by atoms with Crippen molar-refractivity contribution in [2.45, 2.75) is 19.4 Å². The number of hydrogen-bond acceptors (Lipinski definition) is 1. The summed E-state index contributed by atoms with van der Waals surface area (Å²) in [6.45, 7) is 9.66. The van der Waals surface area contributed by atoms with E-state index in [0.717, 1.165) is 12.5 Å². The molecule has 0 aromatic rings. The Balaban J connectivity index is 4.14. The topological polar surface area (TPSA) is 9.23 Å². The highest BCUT2D eigenvalue weighted by molar-refractivity contribution is 6.83. The van der Waals surface area contributed by atoms with Crippen LogP contribution in [0.2, 0.25) is 6.04 Å². The van der Waals surface area contributed by atoms with Crippen LogP contribution in [0.4, 0.5) is 0 Å². The van der Waals surface area contributed by atoms with Gasteiger partial charge in [0.1, 0.15) is 0 Å². The average molecular weight is 156 g/mol. The van der Waals surface area contributed by atoms with Gasteiger partial charge in [-0.15, -0.1) is 13.2 Å². The zero-order chi connectivity index (χ0) is 8.04. The van der Waals surface area contributed by atoms with Crippen LogP contribution in [-0.2, 0) is 4.43 Å². The molecule has 0 saturated heterocycles. The van der Waals surface area contributed by atoms with Crippen LogP contribution in [0, 0.1) is 0 Å². The molecule has 0 atom stereocenters. The molecule has 10 heavy (non-hydrogen) atoms. The fourth-order valence-electron chi connectivity index (χ4n) is 0.947. The summed E-state index contributed by atoms with van der Waals surface area (Å²) in [6.07, 6.45) is 1.14. The molecule has 0 N–H and O–H groups in total. The van der Waals surface area contributed by atoms with Crippen LogP contribution in [0.15, 0.2) is 24.6 Å². The van der Waals surface area contributed by atoms with E-state index >= 15 is 0 Å². The first-order valence-corrected chi connectivity index (χ1v) is 5.84. The van der Waals surface area contributed by atoms with Gasteiger partial charge in [0.15, 0.2) is 0 Å². The minimum absolute atomic E-state index is 1.09. The van der Waals surface area contributed by atoms with Gasteiger partial charge in [-0.2, -0.15) is 0 Å². The Morgan fingerprint density at radius 1 is 1.40 bits per heavy atom. The first-order chi connectivity index (χ1) is 4.74. The molecule has 0 amide bonds. The fourth-order valence-corrected chi connectivity index (χ4v) is 2.84. The van der Waals surface area contributed by atoms with Crippen molar-refractivity contribution in [2.24, 2.45) is 0 Å². The normalized spacial score (nSPS) is 11.0. The van der Waals surface area contributed by atoms with Gasteiger partial charge in [-0.05, 0) is 6.04 Å². The van der Waals surface area contributed by atoms with Gasteiger partial charge in [0.25, 0.3) is 0 Å². The van der Waals surface area contributed by atoms with E-state index in [9.17, 15) is 0 Å². The van der Waals surface area contributed by atoms with Gasteiger partial charge in [0.2, 0.25) is 8.32 Å². The van der Waals surface area contributed by atoms with Gasteiger partial charge in [-0.25, -0.2) is 0 Å². The predicted octanol–water partition coefficient (Wildman–Crippen LogP) is 2.44. The Bertz CT molecular complexity index is 112. The van der Waals surface area contributed by atoms with Crippen molar-refractivity contribution in [2.75, 3.05) is 7.11 Å². The van der Waals surface area contributed by atoms with E-state index in [1.807, 2.05) is 11.4 Å². The van der Waals surface area contributed by atoms with Crippen LogP contribution in [0.3, 0.4) is 0 Å². The molecule has 0 saturated carbocycles. The number of hydrogen-bond donors (Lipinski definition) is 0. The van der Waals surface area contributed by atoms with Gasteiger partial charge in [0, 0.05) is 7.11 Å². The summed E-state index contributed by atoms with van der Waals surface area (Å²) in [5.41, 5.74) is 3.87. The molecular formula is C8H16OSi. The quantitative estimate of drug-likeness (QED) is 0.556. The minimum atomic E-state index is -1.69. The summed E-state index contributed by atoms with van der Waals surface area (Å²) in [5, 5.41) is 0. The van der Waals surface area contributed by atoms with Gasteiger partial charge in [-0.3, -0.25) is 0 Å². The molecule has 0 aliphatic heterocycles. The Hall–Kier alpha value is -0.343. The van der Waals surface area contributed by atoms with Crippen LogP contribution >= 0.6 is 0 Å². The summed E-state index contributed by atoms with van der Waals surface area (Å²) in [4.78, 5) is 0. The van der Waals surface area contributed by atoms with Gasteiger partial charge >= 0.3 is 0 Å². The smallest absolute Gasteiger partial charge is 0.239 e. The van der Waals surface area contributed by atoms with Crippen LogP contribution in [0.25, 0.3) is 0 Å². The summed E-state index contributed by atoms with van der Waals surface area (Å²) in [6, 6.07) is 1.09. The lowest BCUT2D eigenvalue weighted by atomic mass is 10.6. The third-order valence-corrected chi connectivity index (χ3v) is 5.14. The summed E-state index contributed by atoms with van der Waals surface area (Å²) in [7, 11) is 0.0517. The SMILES string of the molecule is C=C[Si](C=C)(CCC)OC. The third kappa shape index (κ3) is 2.12. The molecule has 0 bridgehead atoms. The Morgan fingerprint density at radius 3 is 2.00 bits per heavy atom. The lowest BCUT2D eigenvalue weighted by Crippen LogP contribution is -2.31. The van der Waals surface area contributed by atoms with Crippen molar-refractivity contribution in [3.63, 3.8) is 0 Å². The predicted molar refractivity (Wildman–Crippen MR) is 48.3 cm³/mol. The van der Waals surface area contributed by atoms with Crippen LogP contribution in [-0.4, -0.2) is 15.4 Å². The first kappa shape index (κ1) is 9.66. The number of rotatable bonds is 5. The summed E-state index contributed by atoms with van der Waals surface area (Å²) < 4.78 is 5.38. The second-order valence-electron chi connectivity index (χ2n) is 2.32. The Labute approximate surface area is 64.5 Å². The molecule has 1 nitrogen and oxygen atoms in total. The lowest BCUT2D eigenvalue weighted by Gasteiger charge is -2.20. The highest BCUT2D eigenvalue weighted by Gasteiger charge is 2.24. The van der Waals surface area contributed by atoms with E-state index in [1.165, 1.54) is 0 Å². The average Bonchev–Trinajstić information content (AvgIpc) is 2.01. The zero-order valence-electron chi connectivity index (χ0n) is 6.89. The third-order valence-electron chi connectivity index (χ3n) is 1.71. The van der Waals surface area contributed by atoms with E-state index < -0.39 is 8.32 Å². The maximum Gasteiger partial charge on any atom is 0.239 e. The summed E-state index contributed by atoms with van der Waals surface area (Å²) >= 11 is 0. The molecule has 0 unspecified atom stereocenters. The molecule has 0 aromatic carbocycles. The van der Waals surface area contributed by atoms with Crippen molar-refractivity contribution >= 4 is 8.32 Å². The molecule has 0 aliphatic rings. The molecular weight excluding hydrogens is 140 g/mol. The Morgan fingerprint density at radius 2 is 1.90 bits per heavy atom. The van der Waals surface area contributed by atoms with Gasteiger partial charge in [-0.1, -0.05) is 24.7 Å². The molecule has 0 spiro atoms. The maximum absolute atomic E-state index is 5.38. The minimum Gasteiger partial charge on any atom is -0.412 e. The lowest BCUT2D eigenvalue weighted by molar-refractivity contribution is 0.412. The molecule has 58 valence electrons. The second kappa shape index (κ2) is 4.47. The Kier molecular flexibility index (Phi) is 4.32. The molecule has 0 aliphatic carbocycles. The molecule has 0 heterocycles. The van der Waals surface area contributed by atoms with Crippen molar-refractivity contribution in [3.8, 4) is 0 Å². The van der Waals surface area contributed by atoms with Gasteiger partial charge in [0.05, 0.1) is 0 Å². The van der Waals surface area contributed by atoms with Crippen molar-refractivity contribution in [3.05, 3.63) is 24.6 Å². The van der Waals surface area contributed by atoms with E-state index in [2.05, 4.69) is 20.1 Å². The fraction of sp³-hybridized carbons (Fsp3) is 0.500. The highest BCUT2D eigenvalue weighted by atomic mass is 28.4. The zero-order valence-corrected chi connectivity index (χ0v) is 7.89. The summed E-state index contributed by atoms with van der Waals surface area (Å²) in [5.74, 6) is 0. The van der Waals surface area contributed by atoms with Gasteiger partial charge < -0.3 is 4.43 Å². The molecule has 0 fully saturated rings. The first-order valence-electron chi connectivity index (χ1n) is 3.57. The van der Waals surface area contributed by atoms with E-state index in [4.69, 9.17) is 4.43 Å². The molecule has 0 aromatic heterocycles. The standard InChI is InChI=1S/C8H16OSi/c1-5-8-10(6-2,7-3)9-4/h6-7H,2-3,5,8H2,1,4H3. The van der Waals surface area contributed by atoms with Crippen LogP contribution in [0.5, 0.6) is 0 Å². The highest BCUT2D eigenvalue weighted by Crippen LogP contribution is 2.14. The largest absolute Gasteiger partial charge is 0.412 e. The molecule has 0 rings (SSSR count). The maximum atomic E-state index is 5.38. The monoisotopic (exact) mass is 156 g/mol. The molecule has 2 heteroatoms. The van der Waals surface area contributed by atoms with Crippen LogP contribution < -0.4 is 0 Å². The second-order valence-corrected chi connectivity index (χ2v) is 5.95. The van der Waals surface area contributed by atoms with E-state index in [-0.39, 0.29) is 0 Å². The van der Waals surface area contributed by atoms with Crippen molar-refractivity contribution < 1.29 is 4.43 Å².